The highest BCUT2D eigenvalue weighted by atomic mass is 16.3. The van der Waals surface area contributed by atoms with E-state index >= 15 is 0 Å². The van der Waals surface area contributed by atoms with Gasteiger partial charge in [0.15, 0.2) is 0 Å². The molecule has 0 saturated heterocycles. The second-order valence-corrected chi connectivity index (χ2v) is 5.72. The van der Waals surface area contributed by atoms with E-state index in [9.17, 15) is 5.11 Å². The van der Waals surface area contributed by atoms with Crippen LogP contribution in [0.4, 0.5) is 0 Å². The van der Waals surface area contributed by atoms with Crippen LogP contribution in [0.15, 0.2) is 0 Å². The van der Waals surface area contributed by atoms with Crippen molar-refractivity contribution in [3.63, 3.8) is 0 Å². The summed E-state index contributed by atoms with van der Waals surface area (Å²) in [5, 5.41) is 13.2. The van der Waals surface area contributed by atoms with Gasteiger partial charge in [-0.15, -0.1) is 0 Å². The molecule has 1 saturated carbocycles. The van der Waals surface area contributed by atoms with Gasteiger partial charge < -0.3 is 10.4 Å². The first-order valence-electron chi connectivity index (χ1n) is 5.90. The zero-order chi connectivity index (χ0) is 10.6. The summed E-state index contributed by atoms with van der Waals surface area (Å²) in [5.74, 6) is 0. The highest BCUT2D eigenvalue weighted by molar-refractivity contribution is 4.80. The summed E-state index contributed by atoms with van der Waals surface area (Å²) in [5.41, 5.74) is 0.395. The number of aliphatic hydroxyl groups excluding tert-OH is 1. The molecule has 1 rings (SSSR count). The van der Waals surface area contributed by atoms with Gasteiger partial charge in [-0.05, 0) is 31.2 Å². The van der Waals surface area contributed by atoms with Crippen molar-refractivity contribution in [1.29, 1.82) is 0 Å². The highest BCUT2D eigenvalue weighted by Crippen LogP contribution is 2.20. The van der Waals surface area contributed by atoms with Crippen molar-refractivity contribution < 1.29 is 5.11 Å². The minimum absolute atomic E-state index is 0.108. The van der Waals surface area contributed by atoms with Gasteiger partial charge in [0.1, 0.15) is 0 Å². The summed E-state index contributed by atoms with van der Waals surface area (Å²) < 4.78 is 0. The molecule has 2 nitrogen and oxygen atoms in total. The lowest BCUT2D eigenvalue weighted by molar-refractivity contribution is 0.0895. The molecule has 0 aromatic heterocycles. The van der Waals surface area contributed by atoms with Crippen molar-refractivity contribution in [3.8, 4) is 0 Å². The first-order valence-corrected chi connectivity index (χ1v) is 5.90. The molecule has 0 aromatic rings. The summed E-state index contributed by atoms with van der Waals surface area (Å²) in [7, 11) is 0. The van der Waals surface area contributed by atoms with E-state index in [2.05, 4.69) is 26.1 Å². The lowest BCUT2D eigenvalue weighted by atomic mass is 9.90. The van der Waals surface area contributed by atoms with Crippen LogP contribution in [0.3, 0.4) is 0 Å². The molecule has 2 unspecified atom stereocenters. The lowest BCUT2D eigenvalue weighted by Crippen LogP contribution is -2.43. The molecule has 1 aliphatic carbocycles. The van der Waals surface area contributed by atoms with Gasteiger partial charge in [-0.2, -0.15) is 0 Å². The van der Waals surface area contributed by atoms with Gasteiger partial charge in [0.25, 0.3) is 0 Å². The fourth-order valence-corrected chi connectivity index (χ4v) is 1.98. The summed E-state index contributed by atoms with van der Waals surface area (Å²) >= 11 is 0. The maximum Gasteiger partial charge on any atom is 0.0693 e. The van der Waals surface area contributed by atoms with Gasteiger partial charge in [0.2, 0.25) is 0 Å². The van der Waals surface area contributed by atoms with Crippen LogP contribution in [0.5, 0.6) is 0 Å². The Labute approximate surface area is 88.1 Å². The Morgan fingerprint density at radius 1 is 1.21 bits per heavy atom. The first-order chi connectivity index (χ1) is 6.49. The van der Waals surface area contributed by atoms with Gasteiger partial charge in [-0.25, -0.2) is 0 Å². The average molecular weight is 199 g/mol. The number of hydrogen-bond acceptors (Lipinski definition) is 2. The van der Waals surface area contributed by atoms with Crippen molar-refractivity contribution in [2.24, 2.45) is 5.41 Å². The Hall–Kier alpha value is -0.0800. The Morgan fingerprint density at radius 2 is 1.86 bits per heavy atom. The van der Waals surface area contributed by atoms with E-state index in [1.165, 1.54) is 19.3 Å². The van der Waals surface area contributed by atoms with Crippen LogP contribution >= 0.6 is 0 Å². The highest BCUT2D eigenvalue weighted by Gasteiger charge is 2.22. The van der Waals surface area contributed by atoms with Crippen LogP contribution in [0.25, 0.3) is 0 Å². The topological polar surface area (TPSA) is 32.3 Å². The molecule has 0 aliphatic heterocycles. The number of aliphatic hydroxyl groups is 1. The van der Waals surface area contributed by atoms with Crippen molar-refractivity contribution in [2.45, 2.75) is 65.0 Å². The second-order valence-electron chi connectivity index (χ2n) is 5.72. The molecule has 0 amide bonds. The molecule has 14 heavy (non-hydrogen) atoms. The van der Waals surface area contributed by atoms with Crippen LogP contribution in [-0.4, -0.2) is 23.8 Å². The van der Waals surface area contributed by atoms with E-state index in [-0.39, 0.29) is 6.10 Å². The molecule has 2 heteroatoms. The molecule has 0 spiro atoms. The van der Waals surface area contributed by atoms with Gasteiger partial charge in [0.05, 0.1) is 6.10 Å². The molecule has 2 N–H and O–H groups in total. The van der Waals surface area contributed by atoms with Gasteiger partial charge >= 0.3 is 0 Å². The molecular formula is C12H25NO. The zero-order valence-electron chi connectivity index (χ0n) is 9.84. The summed E-state index contributed by atoms with van der Waals surface area (Å²) in [4.78, 5) is 0. The quantitative estimate of drug-likeness (QED) is 0.731. The zero-order valence-corrected chi connectivity index (χ0v) is 9.84. The standard InChI is InChI=1S/C12H25NO/c1-12(2,3)8-9-13-10-6-4-5-7-11(10)14/h10-11,13-14H,4-9H2,1-3H3. The van der Waals surface area contributed by atoms with E-state index in [4.69, 9.17) is 0 Å². The van der Waals surface area contributed by atoms with Crippen LogP contribution in [0.2, 0.25) is 0 Å². The predicted molar refractivity (Wildman–Crippen MR) is 60.3 cm³/mol. The first kappa shape index (κ1) is 12.0. The molecule has 1 aliphatic rings. The Balaban J connectivity index is 2.17. The Bertz CT molecular complexity index is 162. The number of nitrogens with one attached hydrogen (secondary N) is 1. The normalized spacial score (nSPS) is 29.1. The van der Waals surface area contributed by atoms with Crippen LogP contribution in [-0.2, 0) is 0 Å². The van der Waals surface area contributed by atoms with Crippen molar-refractivity contribution in [1.82, 2.24) is 5.32 Å². The predicted octanol–water partition coefficient (Wildman–Crippen LogP) is 2.32. The van der Waals surface area contributed by atoms with E-state index in [0.717, 1.165) is 19.4 Å². The third-order valence-corrected chi connectivity index (χ3v) is 3.01. The molecular weight excluding hydrogens is 174 g/mol. The van der Waals surface area contributed by atoms with Crippen LogP contribution < -0.4 is 5.32 Å². The number of rotatable bonds is 3. The van der Waals surface area contributed by atoms with Crippen molar-refractivity contribution >= 4 is 0 Å². The largest absolute Gasteiger partial charge is 0.392 e. The summed E-state index contributed by atoms with van der Waals surface area (Å²) in [6, 6.07) is 0.353. The van der Waals surface area contributed by atoms with Crippen molar-refractivity contribution in [2.75, 3.05) is 6.54 Å². The fourth-order valence-electron chi connectivity index (χ4n) is 1.98. The summed E-state index contributed by atoms with van der Waals surface area (Å²) in [6.07, 6.45) is 5.65. The fraction of sp³-hybridized carbons (Fsp3) is 1.00. The molecule has 0 radical (unpaired) electrons. The lowest BCUT2D eigenvalue weighted by Gasteiger charge is -2.29. The number of hydrogen-bond donors (Lipinski definition) is 2. The van der Waals surface area contributed by atoms with Crippen LogP contribution in [0, 0.1) is 5.41 Å². The van der Waals surface area contributed by atoms with E-state index in [0.29, 0.717) is 11.5 Å². The molecule has 0 heterocycles. The van der Waals surface area contributed by atoms with E-state index < -0.39 is 0 Å². The molecule has 1 fully saturated rings. The smallest absolute Gasteiger partial charge is 0.0693 e. The molecule has 0 bridgehead atoms. The third kappa shape index (κ3) is 4.43. The third-order valence-electron chi connectivity index (χ3n) is 3.01. The van der Waals surface area contributed by atoms with Gasteiger partial charge in [0, 0.05) is 6.04 Å². The Morgan fingerprint density at radius 3 is 2.43 bits per heavy atom. The molecule has 2 atom stereocenters. The second kappa shape index (κ2) is 5.13. The van der Waals surface area contributed by atoms with Gasteiger partial charge in [-0.1, -0.05) is 33.6 Å². The SMILES string of the molecule is CC(C)(C)CCNC1CCCCC1O. The Kier molecular flexibility index (Phi) is 4.39. The minimum Gasteiger partial charge on any atom is -0.392 e. The molecule has 0 aromatic carbocycles. The molecule has 84 valence electrons. The average Bonchev–Trinajstić information content (AvgIpc) is 2.06. The maximum absolute atomic E-state index is 9.74. The van der Waals surface area contributed by atoms with E-state index in [1.807, 2.05) is 0 Å². The monoisotopic (exact) mass is 199 g/mol. The minimum atomic E-state index is -0.108. The summed E-state index contributed by atoms with van der Waals surface area (Å²) in [6.45, 7) is 7.80. The van der Waals surface area contributed by atoms with E-state index in [1.54, 1.807) is 0 Å². The maximum atomic E-state index is 9.74. The van der Waals surface area contributed by atoms with Crippen LogP contribution in [0.1, 0.15) is 52.9 Å². The van der Waals surface area contributed by atoms with Gasteiger partial charge in [-0.3, -0.25) is 0 Å². The van der Waals surface area contributed by atoms with Crippen molar-refractivity contribution in [3.05, 3.63) is 0 Å².